The Balaban J connectivity index is 2.22. The maximum absolute atomic E-state index is 9.83. The molecule has 3 heteroatoms. The number of hydrogen-bond donors (Lipinski definition) is 2. The molecule has 0 spiro atoms. The smallest absolute Gasteiger partial charge is 0.0810 e. The van der Waals surface area contributed by atoms with Gasteiger partial charge in [-0.25, -0.2) is 0 Å². The van der Waals surface area contributed by atoms with Gasteiger partial charge in [0.1, 0.15) is 0 Å². The molecule has 0 saturated carbocycles. The number of aliphatic hydroxyl groups is 1. The lowest BCUT2D eigenvalue weighted by atomic mass is 10.1. The summed E-state index contributed by atoms with van der Waals surface area (Å²) in [7, 11) is 0. The first-order valence-electron chi connectivity index (χ1n) is 4.90. The van der Waals surface area contributed by atoms with Gasteiger partial charge in [0.15, 0.2) is 0 Å². The fourth-order valence-electron chi connectivity index (χ4n) is 1.93. The second kappa shape index (κ2) is 3.17. The van der Waals surface area contributed by atoms with Gasteiger partial charge >= 0.3 is 0 Å². The van der Waals surface area contributed by atoms with Crippen LogP contribution in [0.2, 0.25) is 0 Å². The van der Waals surface area contributed by atoms with Crippen molar-refractivity contribution in [2.75, 3.05) is 23.7 Å². The second-order valence-corrected chi connectivity index (χ2v) is 4.23. The molecule has 0 aliphatic carbocycles. The van der Waals surface area contributed by atoms with Crippen LogP contribution in [0, 0.1) is 0 Å². The summed E-state index contributed by atoms with van der Waals surface area (Å²) >= 11 is 0. The van der Waals surface area contributed by atoms with Gasteiger partial charge in [0.05, 0.1) is 17.0 Å². The molecule has 1 saturated heterocycles. The molecule has 1 fully saturated rings. The van der Waals surface area contributed by atoms with Gasteiger partial charge in [-0.1, -0.05) is 12.1 Å². The Labute approximate surface area is 84.1 Å². The first kappa shape index (κ1) is 9.34. The summed E-state index contributed by atoms with van der Waals surface area (Å²) in [6.07, 6.45) is 0.807. The molecular weight excluding hydrogens is 176 g/mol. The normalized spacial score (nSPS) is 26.9. The lowest BCUT2D eigenvalue weighted by Gasteiger charge is -2.22. The van der Waals surface area contributed by atoms with E-state index in [4.69, 9.17) is 5.73 Å². The summed E-state index contributed by atoms with van der Waals surface area (Å²) in [6, 6.07) is 7.78. The van der Waals surface area contributed by atoms with Crippen LogP contribution >= 0.6 is 0 Å². The number of rotatable bonds is 1. The Hall–Kier alpha value is -1.22. The summed E-state index contributed by atoms with van der Waals surface area (Å²) < 4.78 is 0. The molecule has 1 heterocycles. The predicted octanol–water partition coefficient (Wildman–Crippen LogP) is 1.23. The van der Waals surface area contributed by atoms with Crippen molar-refractivity contribution in [2.24, 2.45) is 0 Å². The first-order valence-corrected chi connectivity index (χ1v) is 4.90. The van der Waals surface area contributed by atoms with Crippen molar-refractivity contribution in [3.63, 3.8) is 0 Å². The molecule has 1 aliphatic rings. The number of anilines is 2. The molecule has 0 aromatic heterocycles. The Morgan fingerprint density at radius 1 is 1.43 bits per heavy atom. The third-order valence-electron chi connectivity index (χ3n) is 2.73. The fourth-order valence-corrected chi connectivity index (χ4v) is 1.93. The van der Waals surface area contributed by atoms with Crippen molar-refractivity contribution in [1.29, 1.82) is 0 Å². The molecular formula is C11H16N2O. The molecule has 1 atom stereocenters. The van der Waals surface area contributed by atoms with Crippen LogP contribution in [0.4, 0.5) is 11.4 Å². The minimum atomic E-state index is -0.567. The van der Waals surface area contributed by atoms with E-state index in [0.717, 1.165) is 24.3 Å². The van der Waals surface area contributed by atoms with Crippen LogP contribution in [0.25, 0.3) is 0 Å². The number of β-amino-alcohol motifs (C(OH)–C–C–N with tert-alkyl or cyclic N) is 1. The monoisotopic (exact) mass is 192 g/mol. The minimum Gasteiger partial charge on any atom is -0.397 e. The van der Waals surface area contributed by atoms with E-state index in [2.05, 4.69) is 4.90 Å². The van der Waals surface area contributed by atoms with Crippen molar-refractivity contribution < 1.29 is 5.11 Å². The van der Waals surface area contributed by atoms with E-state index >= 15 is 0 Å². The maximum atomic E-state index is 9.83. The van der Waals surface area contributed by atoms with Crippen LogP contribution in [0.15, 0.2) is 24.3 Å². The Bertz CT molecular complexity index is 336. The molecule has 0 amide bonds. The van der Waals surface area contributed by atoms with Gasteiger partial charge in [0, 0.05) is 13.1 Å². The molecule has 1 aromatic rings. The van der Waals surface area contributed by atoms with Gasteiger partial charge in [0.25, 0.3) is 0 Å². The summed E-state index contributed by atoms with van der Waals surface area (Å²) in [5, 5.41) is 9.83. The molecule has 14 heavy (non-hydrogen) atoms. The zero-order valence-corrected chi connectivity index (χ0v) is 8.40. The van der Waals surface area contributed by atoms with Gasteiger partial charge in [-0.2, -0.15) is 0 Å². The van der Waals surface area contributed by atoms with Crippen molar-refractivity contribution in [1.82, 2.24) is 0 Å². The van der Waals surface area contributed by atoms with E-state index in [0.29, 0.717) is 6.54 Å². The van der Waals surface area contributed by atoms with E-state index in [-0.39, 0.29) is 0 Å². The average Bonchev–Trinajstić information content (AvgIpc) is 2.47. The van der Waals surface area contributed by atoms with Crippen molar-refractivity contribution >= 4 is 11.4 Å². The highest BCUT2D eigenvalue weighted by molar-refractivity contribution is 5.67. The zero-order chi connectivity index (χ0) is 10.2. The van der Waals surface area contributed by atoms with Gasteiger partial charge in [-0.05, 0) is 25.5 Å². The van der Waals surface area contributed by atoms with Crippen LogP contribution in [-0.4, -0.2) is 23.8 Å². The third-order valence-corrected chi connectivity index (χ3v) is 2.73. The van der Waals surface area contributed by atoms with Crippen LogP contribution < -0.4 is 10.6 Å². The summed E-state index contributed by atoms with van der Waals surface area (Å²) in [6.45, 7) is 3.41. The quantitative estimate of drug-likeness (QED) is 0.658. The Morgan fingerprint density at radius 2 is 2.14 bits per heavy atom. The summed E-state index contributed by atoms with van der Waals surface area (Å²) in [5.74, 6) is 0. The van der Waals surface area contributed by atoms with E-state index < -0.39 is 5.60 Å². The SMILES string of the molecule is CC1(O)CCN(c2ccccc2N)C1. The van der Waals surface area contributed by atoms with E-state index in [1.165, 1.54) is 0 Å². The lowest BCUT2D eigenvalue weighted by molar-refractivity contribution is 0.0839. The standard InChI is InChI=1S/C11H16N2O/c1-11(14)6-7-13(8-11)10-5-3-2-4-9(10)12/h2-5,14H,6-8,12H2,1H3. The van der Waals surface area contributed by atoms with Gasteiger partial charge in [0.2, 0.25) is 0 Å². The van der Waals surface area contributed by atoms with Crippen molar-refractivity contribution in [3.8, 4) is 0 Å². The first-order chi connectivity index (χ1) is 6.58. The highest BCUT2D eigenvalue weighted by atomic mass is 16.3. The molecule has 2 rings (SSSR count). The van der Waals surface area contributed by atoms with Crippen LogP contribution in [0.5, 0.6) is 0 Å². The number of para-hydroxylation sites is 2. The minimum absolute atomic E-state index is 0.567. The van der Waals surface area contributed by atoms with Gasteiger partial charge in [-0.3, -0.25) is 0 Å². The Morgan fingerprint density at radius 3 is 2.71 bits per heavy atom. The predicted molar refractivity (Wildman–Crippen MR) is 58.3 cm³/mol. The highest BCUT2D eigenvalue weighted by Crippen LogP contribution is 2.29. The number of hydrogen-bond acceptors (Lipinski definition) is 3. The largest absolute Gasteiger partial charge is 0.397 e. The van der Waals surface area contributed by atoms with Crippen LogP contribution in [0.3, 0.4) is 0 Å². The molecule has 1 aromatic carbocycles. The number of nitrogen functional groups attached to an aromatic ring is 1. The van der Waals surface area contributed by atoms with E-state index in [9.17, 15) is 5.11 Å². The zero-order valence-electron chi connectivity index (χ0n) is 8.40. The molecule has 0 bridgehead atoms. The lowest BCUT2D eigenvalue weighted by Crippen LogP contribution is -2.29. The fraction of sp³-hybridized carbons (Fsp3) is 0.455. The topological polar surface area (TPSA) is 49.5 Å². The number of nitrogens with zero attached hydrogens (tertiary/aromatic N) is 1. The van der Waals surface area contributed by atoms with Crippen LogP contribution in [-0.2, 0) is 0 Å². The Kier molecular flexibility index (Phi) is 2.11. The van der Waals surface area contributed by atoms with Gasteiger partial charge in [-0.15, -0.1) is 0 Å². The van der Waals surface area contributed by atoms with Crippen molar-refractivity contribution in [3.05, 3.63) is 24.3 Å². The second-order valence-electron chi connectivity index (χ2n) is 4.23. The maximum Gasteiger partial charge on any atom is 0.0810 e. The molecule has 1 aliphatic heterocycles. The molecule has 3 N–H and O–H groups in total. The summed E-state index contributed by atoms with van der Waals surface area (Å²) in [4.78, 5) is 2.13. The van der Waals surface area contributed by atoms with E-state index in [1.54, 1.807) is 0 Å². The average molecular weight is 192 g/mol. The third kappa shape index (κ3) is 1.68. The van der Waals surface area contributed by atoms with Gasteiger partial charge < -0.3 is 15.7 Å². The number of nitrogens with two attached hydrogens (primary N) is 1. The summed E-state index contributed by atoms with van der Waals surface area (Å²) in [5.41, 5.74) is 7.11. The molecule has 3 nitrogen and oxygen atoms in total. The highest BCUT2D eigenvalue weighted by Gasteiger charge is 2.31. The molecule has 1 unspecified atom stereocenters. The molecule has 0 radical (unpaired) electrons. The number of benzene rings is 1. The van der Waals surface area contributed by atoms with E-state index in [1.807, 2.05) is 31.2 Å². The molecule has 76 valence electrons. The van der Waals surface area contributed by atoms with Crippen LogP contribution in [0.1, 0.15) is 13.3 Å². The van der Waals surface area contributed by atoms with Crippen molar-refractivity contribution in [2.45, 2.75) is 18.9 Å².